The largest absolute Gasteiger partial charge is 0.485 e. The first-order chi connectivity index (χ1) is 9.62. The van der Waals surface area contributed by atoms with E-state index in [1.807, 2.05) is 0 Å². The van der Waals surface area contributed by atoms with Crippen LogP contribution < -0.4 is 10.1 Å². The fraction of sp³-hybridized carbons (Fsp3) is 0.154. The summed E-state index contributed by atoms with van der Waals surface area (Å²) in [6.45, 7) is -0.798. The van der Waals surface area contributed by atoms with E-state index in [1.54, 1.807) is 30.3 Å². The highest BCUT2D eigenvalue weighted by Gasteiger charge is 2.11. The predicted molar refractivity (Wildman–Crippen MR) is 65.4 cm³/mol. The average Bonchev–Trinajstić information content (AvgIpc) is 2.46. The van der Waals surface area contributed by atoms with E-state index < -0.39 is 18.6 Å². The molecule has 0 unspecified atom stereocenters. The topological polar surface area (TPSA) is 92.6 Å². The molecule has 0 saturated carbocycles. The fourth-order valence-corrected chi connectivity index (χ4v) is 1.27. The van der Waals surface area contributed by atoms with Crippen LogP contribution in [0.5, 0.6) is 5.75 Å². The number of hydrogen-bond acceptors (Lipinski definition) is 5. The van der Waals surface area contributed by atoms with Crippen molar-refractivity contribution in [3.8, 4) is 24.0 Å². The van der Waals surface area contributed by atoms with Crippen LogP contribution in [0.2, 0.25) is 0 Å². The lowest BCUT2D eigenvalue weighted by Crippen LogP contribution is -2.09. The number of halogens is 2. The Morgan fingerprint density at radius 1 is 1.15 bits per heavy atom. The Hall–Kier alpha value is -3.11. The Morgan fingerprint density at radius 2 is 1.80 bits per heavy atom. The Kier molecular flexibility index (Phi) is 5.50. The third-order valence-electron chi connectivity index (χ3n) is 2.10. The lowest BCUT2D eigenvalue weighted by molar-refractivity contribution is 0.0822. The molecule has 0 radical (unpaired) electrons. The van der Waals surface area contributed by atoms with Gasteiger partial charge in [0.1, 0.15) is 36.3 Å². The van der Waals surface area contributed by atoms with Crippen molar-refractivity contribution in [3.05, 3.63) is 35.5 Å². The molecule has 0 spiro atoms. The first-order valence-corrected chi connectivity index (χ1v) is 5.34. The van der Waals surface area contributed by atoms with Gasteiger partial charge in [0.05, 0.1) is 5.69 Å². The van der Waals surface area contributed by atoms with Gasteiger partial charge in [-0.2, -0.15) is 15.8 Å². The molecule has 1 rings (SSSR count). The Balaban J connectivity index is 3.05. The third kappa shape index (κ3) is 3.97. The van der Waals surface area contributed by atoms with Gasteiger partial charge < -0.3 is 10.1 Å². The molecule has 0 amide bonds. The number of alkyl halides is 2. The van der Waals surface area contributed by atoms with Crippen LogP contribution in [0.3, 0.4) is 0 Å². The van der Waals surface area contributed by atoms with Crippen molar-refractivity contribution in [2.75, 3.05) is 11.9 Å². The van der Waals surface area contributed by atoms with E-state index in [-0.39, 0.29) is 17.1 Å². The van der Waals surface area contributed by atoms with Gasteiger partial charge in [0.25, 0.3) is 6.43 Å². The molecular weight excluding hydrogens is 266 g/mol. The maximum Gasteiger partial charge on any atom is 0.272 e. The molecule has 0 atom stereocenters. The smallest absolute Gasteiger partial charge is 0.272 e. The van der Waals surface area contributed by atoms with Gasteiger partial charge in [0.15, 0.2) is 5.57 Å². The summed E-state index contributed by atoms with van der Waals surface area (Å²) in [4.78, 5) is 0. The van der Waals surface area contributed by atoms with Gasteiger partial charge in [-0.05, 0) is 12.1 Å². The van der Waals surface area contributed by atoms with Crippen LogP contribution in [0.15, 0.2) is 35.5 Å². The van der Waals surface area contributed by atoms with Crippen LogP contribution >= 0.6 is 0 Å². The van der Waals surface area contributed by atoms with E-state index in [4.69, 9.17) is 20.5 Å². The summed E-state index contributed by atoms with van der Waals surface area (Å²) in [6, 6.07) is 10.9. The second kappa shape index (κ2) is 7.35. The van der Waals surface area contributed by atoms with E-state index in [9.17, 15) is 8.78 Å². The summed E-state index contributed by atoms with van der Waals surface area (Å²) in [7, 11) is 0. The highest BCUT2D eigenvalue weighted by Crippen LogP contribution is 2.26. The standard InChI is InChI=1S/C13H8F2N4O/c14-13(15)8-20-12-4-2-1-3-10(12)19-11(7-18)9(5-16)6-17/h1-4,13,19H,8H2. The lowest BCUT2D eigenvalue weighted by Gasteiger charge is -2.12. The minimum absolute atomic E-state index is 0.0933. The Bertz CT molecular complexity index is 619. The molecule has 100 valence electrons. The SMILES string of the molecule is N#CC(C#N)=C(C#N)Nc1ccccc1OCC(F)F. The number of benzene rings is 1. The molecular formula is C13H8F2N4O. The van der Waals surface area contributed by atoms with Crippen molar-refractivity contribution >= 4 is 5.69 Å². The average molecular weight is 274 g/mol. The minimum atomic E-state index is -2.64. The molecule has 0 saturated heterocycles. The van der Waals surface area contributed by atoms with Gasteiger partial charge in [0.2, 0.25) is 0 Å². The number of nitrogens with one attached hydrogen (secondary N) is 1. The zero-order chi connectivity index (χ0) is 15.0. The van der Waals surface area contributed by atoms with Crippen LogP contribution in [0.4, 0.5) is 14.5 Å². The Labute approximate surface area is 113 Å². The van der Waals surface area contributed by atoms with Crippen molar-refractivity contribution in [3.63, 3.8) is 0 Å². The van der Waals surface area contributed by atoms with Crippen molar-refractivity contribution in [1.82, 2.24) is 0 Å². The summed E-state index contributed by atoms with van der Waals surface area (Å²) in [5.74, 6) is 0.0933. The lowest BCUT2D eigenvalue weighted by atomic mass is 10.2. The molecule has 0 aliphatic carbocycles. The van der Waals surface area contributed by atoms with E-state index in [0.29, 0.717) is 0 Å². The first-order valence-electron chi connectivity index (χ1n) is 5.34. The van der Waals surface area contributed by atoms with E-state index in [0.717, 1.165) is 0 Å². The van der Waals surface area contributed by atoms with Gasteiger partial charge in [-0.15, -0.1) is 0 Å². The van der Waals surface area contributed by atoms with Gasteiger partial charge in [0, 0.05) is 0 Å². The molecule has 1 aromatic carbocycles. The van der Waals surface area contributed by atoms with Gasteiger partial charge in [-0.1, -0.05) is 12.1 Å². The molecule has 1 aromatic rings. The van der Waals surface area contributed by atoms with Crippen molar-refractivity contribution in [1.29, 1.82) is 15.8 Å². The molecule has 0 aliphatic heterocycles. The fourth-order valence-electron chi connectivity index (χ4n) is 1.27. The normalized spacial score (nSPS) is 9.00. The molecule has 20 heavy (non-hydrogen) atoms. The van der Waals surface area contributed by atoms with Crippen LogP contribution in [-0.4, -0.2) is 13.0 Å². The third-order valence-corrected chi connectivity index (χ3v) is 2.10. The van der Waals surface area contributed by atoms with Crippen molar-refractivity contribution < 1.29 is 13.5 Å². The van der Waals surface area contributed by atoms with Gasteiger partial charge in [-0.3, -0.25) is 0 Å². The molecule has 5 nitrogen and oxygen atoms in total. The van der Waals surface area contributed by atoms with Crippen LogP contribution in [0.1, 0.15) is 0 Å². The number of hydrogen-bond donors (Lipinski definition) is 1. The molecule has 0 aromatic heterocycles. The Morgan fingerprint density at radius 3 is 2.35 bits per heavy atom. The van der Waals surface area contributed by atoms with Crippen molar-refractivity contribution in [2.45, 2.75) is 6.43 Å². The highest BCUT2D eigenvalue weighted by molar-refractivity contribution is 5.64. The second-order valence-electron chi connectivity index (χ2n) is 3.41. The minimum Gasteiger partial charge on any atom is -0.485 e. The molecule has 0 fully saturated rings. The molecule has 0 bridgehead atoms. The summed E-state index contributed by atoms with van der Waals surface area (Å²) < 4.78 is 29.1. The number of nitriles is 3. The summed E-state index contributed by atoms with van der Waals surface area (Å²) in [5, 5.41) is 28.8. The summed E-state index contributed by atoms with van der Waals surface area (Å²) in [6.07, 6.45) is -2.64. The second-order valence-corrected chi connectivity index (χ2v) is 3.41. The maximum atomic E-state index is 12.1. The summed E-state index contributed by atoms with van der Waals surface area (Å²) in [5.41, 5.74) is -0.466. The van der Waals surface area contributed by atoms with Crippen molar-refractivity contribution in [2.24, 2.45) is 0 Å². The van der Waals surface area contributed by atoms with E-state index in [1.165, 1.54) is 12.1 Å². The van der Waals surface area contributed by atoms with Crippen LogP contribution in [0.25, 0.3) is 0 Å². The zero-order valence-corrected chi connectivity index (χ0v) is 10.1. The van der Waals surface area contributed by atoms with Gasteiger partial charge in [-0.25, -0.2) is 8.78 Å². The monoisotopic (exact) mass is 274 g/mol. The van der Waals surface area contributed by atoms with E-state index >= 15 is 0 Å². The predicted octanol–water partition coefficient (Wildman–Crippen LogP) is 2.57. The number of allylic oxidation sites excluding steroid dienone is 2. The number of ether oxygens (including phenoxy) is 1. The van der Waals surface area contributed by atoms with Gasteiger partial charge >= 0.3 is 0 Å². The number of para-hydroxylation sites is 2. The molecule has 1 N–H and O–H groups in total. The number of anilines is 1. The van der Waals surface area contributed by atoms with Crippen LogP contribution in [0, 0.1) is 34.0 Å². The highest BCUT2D eigenvalue weighted by atomic mass is 19.3. The quantitative estimate of drug-likeness (QED) is 0.833. The van der Waals surface area contributed by atoms with Crippen LogP contribution in [-0.2, 0) is 0 Å². The first kappa shape index (κ1) is 14.9. The number of rotatable bonds is 5. The molecule has 7 heteroatoms. The summed E-state index contributed by atoms with van der Waals surface area (Å²) >= 11 is 0. The molecule has 0 heterocycles. The molecule has 0 aliphatic rings. The van der Waals surface area contributed by atoms with E-state index in [2.05, 4.69) is 5.32 Å². The maximum absolute atomic E-state index is 12.1. The zero-order valence-electron chi connectivity index (χ0n) is 10.1. The number of nitrogens with zero attached hydrogens (tertiary/aromatic N) is 3.